The van der Waals surface area contributed by atoms with E-state index in [2.05, 4.69) is 24.9 Å². The summed E-state index contributed by atoms with van der Waals surface area (Å²) in [6.07, 6.45) is 7.24. The number of aryl methyl sites for hydroxylation is 3. The van der Waals surface area contributed by atoms with E-state index in [1.165, 1.54) is 15.3 Å². The van der Waals surface area contributed by atoms with E-state index in [-0.39, 0.29) is 11.7 Å². The van der Waals surface area contributed by atoms with Gasteiger partial charge in [-0.1, -0.05) is 0 Å². The van der Waals surface area contributed by atoms with Gasteiger partial charge < -0.3 is 19.1 Å². The number of thiophene rings is 1. The standard InChI is InChI=1S/C27H36N2O4S/c1-17-14-18(2)28-25(31-4)21(17)16-29-11-5-6-22-24(26(29)30)19(3)23(34-22)15-20-7-9-27(10-8-20)32-12-13-33-27/h14,20H,5-13,15-16H2,1-4H3. The number of carbonyl (C=O) groups is 1. The predicted octanol–water partition coefficient (Wildman–Crippen LogP) is 5.14. The molecule has 3 aliphatic rings. The van der Waals surface area contributed by atoms with E-state index < -0.39 is 0 Å². The van der Waals surface area contributed by atoms with Crippen molar-refractivity contribution >= 4 is 17.2 Å². The maximum atomic E-state index is 13.8. The average molecular weight is 485 g/mol. The first-order valence-corrected chi connectivity index (χ1v) is 13.4. The lowest BCUT2D eigenvalue weighted by molar-refractivity contribution is -0.182. The van der Waals surface area contributed by atoms with Gasteiger partial charge in [0.2, 0.25) is 5.88 Å². The number of aromatic nitrogens is 1. The number of fused-ring (bicyclic) bond motifs is 1. The van der Waals surface area contributed by atoms with Crippen molar-refractivity contribution in [1.82, 2.24) is 9.88 Å². The summed E-state index contributed by atoms with van der Waals surface area (Å²) in [4.78, 5) is 23.0. The van der Waals surface area contributed by atoms with E-state index in [4.69, 9.17) is 14.2 Å². The summed E-state index contributed by atoms with van der Waals surface area (Å²) in [6, 6.07) is 2.06. The average Bonchev–Trinajstić information content (AvgIpc) is 3.35. The molecular formula is C27H36N2O4S. The highest BCUT2D eigenvalue weighted by Crippen LogP contribution is 2.41. The van der Waals surface area contributed by atoms with Gasteiger partial charge in [-0.3, -0.25) is 4.79 Å². The lowest BCUT2D eigenvalue weighted by atomic mass is 9.82. The molecule has 2 aliphatic heterocycles. The van der Waals surface area contributed by atoms with Crippen LogP contribution in [0.25, 0.3) is 0 Å². The first-order valence-electron chi connectivity index (χ1n) is 12.6. The summed E-state index contributed by atoms with van der Waals surface area (Å²) in [5, 5.41) is 0. The third kappa shape index (κ3) is 4.50. The maximum Gasteiger partial charge on any atom is 0.255 e. The van der Waals surface area contributed by atoms with Crippen molar-refractivity contribution in [3.8, 4) is 5.88 Å². The van der Waals surface area contributed by atoms with Gasteiger partial charge in [0.25, 0.3) is 5.91 Å². The molecule has 7 heteroatoms. The third-order valence-corrected chi connectivity index (χ3v) is 9.16. The first-order chi connectivity index (χ1) is 16.4. The minimum absolute atomic E-state index is 0.157. The van der Waals surface area contributed by atoms with Crippen LogP contribution >= 0.6 is 11.3 Å². The molecule has 0 atom stereocenters. The number of methoxy groups -OCH3 is 1. The highest BCUT2D eigenvalue weighted by Gasteiger charge is 2.40. The predicted molar refractivity (Wildman–Crippen MR) is 133 cm³/mol. The first kappa shape index (κ1) is 23.8. The number of pyridine rings is 1. The van der Waals surface area contributed by atoms with Gasteiger partial charge in [-0.05, 0) is 76.0 Å². The Morgan fingerprint density at radius 1 is 1.21 bits per heavy atom. The van der Waals surface area contributed by atoms with Gasteiger partial charge in [0, 0.05) is 40.4 Å². The Morgan fingerprint density at radius 3 is 2.65 bits per heavy atom. The van der Waals surface area contributed by atoms with Crippen molar-refractivity contribution in [2.75, 3.05) is 26.9 Å². The number of hydrogen-bond donors (Lipinski definition) is 0. The molecular weight excluding hydrogens is 448 g/mol. The van der Waals surface area contributed by atoms with Crippen LogP contribution < -0.4 is 4.74 Å². The second kappa shape index (κ2) is 9.59. The summed E-state index contributed by atoms with van der Waals surface area (Å²) < 4.78 is 17.4. The van der Waals surface area contributed by atoms with Gasteiger partial charge >= 0.3 is 0 Å². The minimum Gasteiger partial charge on any atom is -0.481 e. The van der Waals surface area contributed by atoms with Gasteiger partial charge in [-0.25, -0.2) is 4.98 Å². The molecule has 0 bridgehead atoms. The zero-order valence-electron chi connectivity index (χ0n) is 20.9. The highest BCUT2D eigenvalue weighted by molar-refractivity contribution is 7.12. The largest absolute Gasteiger partial charge is 0.481 e. The van der Waals surface area contributed by atoms with Crippen molar-refractivity contribution in [2.45, 2.75) is 78.0 Å². The smallest absolute Gasteiger partial charge is 0.255 e. The molecule has 0 N–H and O–H groups in total. The second-order valence-corrected chi connectivity index (χ2v) is 11.3. The quantitative estimate of drug-likeness (QED) is 0.588. The van der Waals surface area contributed by atoms with Crippen LogP contribution in [0.3, 0.4) is 0 Å². The van der Waals surface area contributed by atoms with E-state index in [0.29, 0.717) is 18.3 Å². The second-order valence-electron chi connectivity index (χ2n) is 10.1. The Labute approximate surface area is 206 Å². The molecule has 1 amide bonds. The minimum atomic E-state index is -0.307. The molecule has 0 aromatic carbocycles. The fourth-order valence-corrected chi connectivity index (χ4v) is 7.33. The van der Waals surface area contributed by atoms with Crippen molar-refractivity contribution in [3.05, 3.63) is 43.8 Å². The number of amides is 1. The molecule has 184 valence electrons. The molecule has 2 aromatic rings. The van der Waals surface area contributed by atoms with E-state index >= 15 is 0 Å². The van der Waals surface area contributed by atoms with Crippen LogP contribution in [0.1, 0.15) is 74.6 Å². The molecule has 2 aromatic heterocycles. The van der Waals surface area contributed by atoms with E-state index in [1.54, 1.807) is 7.11 Å². The Hall–Kier alpha value is -1.96. The van der Waals surface area contributed by atoms with Crippen LogP contribution in [0.4, 0.5) is 0 Å². The van der Waals surface area contributed by atoms with Gasteiger partial charge in [0.1, 0.15) is 0 Å². The molecule has 2 fully saturated rings. The molecule has 1 saturated carbocycles. The summed E-state index contributed by atoms with van der Waals surface area (Å²) in [5.41, 5.74) is 5.20. The summed E-state index contributed by atoms with van der Waals surface area (Å²) in [5.74, 6) is 1.11. The summed E-state index contributed by atoms with van der Waals surface area (Å²) in [6.45, 7) is 8.95. The summed E-state index contributed by atoms with van der Waals surface area (Å²) >= 11 is 1.87. The molecule has 1 saturated heterocycles. The lowest BCUT2D eigenvalue weighted by Gasteiger charge is -2.35. The van der Waals surface area contributed by atoms with Crippen LogP contribution in [0.5, 0.6) is 5.88 Å². The molecule has 34 heavy (non-hydrogen) atoms. The molecule has 5 rings (SSSR count). The van der Waals surface area contributed by atoms with Gasteiger partial charge in [0.05, 0.1) is 32.4 Å². The monoisotopic (exact) mass is 484 g/mol. The van der Waals surface area contributed by atoms with Crippen molar-refractivity contribution < 1.29 is 19.0 Å². The number of hydrogen-bond acceptors (Lipinski definition) is 6. The fourth-order valence-electron chi connectivity index (χ4n) is 5.87. The maximum absolute atomic E-state index is 13.8. The highest BCUT2D eigenvalue weighted by atomic mass is 32.1. The Balaban J connectivity index is 1.33. The van der Waals surface area contributed by atoms with E-state index in [9.17, 15) is 4.79 Å². The van der Waals surface area contributed by atoms with Crippen molar-refractivity contribution in [2.24, 2.45) is 5.92 Å². The zero-order chi connectivity index (χ0) is 23.9. The topological polar surface area (TPSA) is 60.9 Å². The van der Waals surface area contributed by atoms with E-state index in [1.807, 2.05) is 23.2 Å². The number of carbonyl (C=O) groups excluding carboxylic acids is 1. The SMILES string of the molecule is COc1nc(C)cc(C)c1CN1CCCc2sc(CC3CCC4(CC3)OCCO4)c(C)c2C1=O. The van der Waals surface area contributed by atoms with Gasteiger partial charge in [0.15, 0.2) is 5.79 Å². The Kier molecular flexibility index (Phi) is 6.70. The number of rotatable bonds is 5. The molecule has 6 nitrogen and oxygen atoms in total. The number of ether oxygens (including phenoxy) is 3. The van der Waals surface area contributed by atoms with E-state index in [0.717, 1.165) is 87.1 Å². The normalized spacial score (nSPS) is 20.6. The fraction of sp³-hybridized carbons (Fsp3) is 0.630. The molecule has 0 radical (unpaired) electrons. The van der Waals surface area contributed by atoms with Crippen molar-refractivity contribution in [3.63, 3.8) is 0 Å². The zero-order valence-corrected chi connectivity index (χ0v) is 21.7. The molecule has 1 aliphatic carbocycles. The third-order valence-electron chi connectivity index (χ3n) is 7.79. The lowest BCUT2D eigenvalue weighted by Crippen LogP contribution is -2.35. The summed E-state index contributed by atoms with van der Waals surface area (Å²) in [7, 11) is 1.65. The van der Waals surface area contributed by atoms with Gasteiger partial charge in [-0.15, -0.1) is 11.3 Å². The van der Waals surface area contributed by atoms with Crippen molar-refractivity contribution in [1.29, 1.82) is 0 Å². The Bertz CT molecular complexity index is 1060. The van der Waals surface area contributed by atoms with Crippen LogP contribution in [0.15, 0.2) is 6.07 Å². The molecule has 0 unspecified atom stereocenters. The van der Waals surface area contributed by atoms with Gasteiger partial charge in [-0.2, -0.15) is 0 Å². The Morgan fingerprint density at radius 2 is 1.94 bits per heavy atom. The van der Waals surface area contributed by atoms with Crippen LogP contribution in [-0.4, -0.2) is 48.4 Å². The van der Waals surface area contributed by atoms with Crippen LogP contribution in [0.2, 0.25) is 0 Å². The van der Waals surface area contributed by atoms with Crippen LogP contribution in [0, 0.1) is 26.7 Å². The number of nitrogens with zero attached hydrogens (tertiary/aromatic N) is 2. The molecule has 1 spiro atoms. The molecule has 4 heterocycles. The van der Waals surface area contributed by atoms with Crippen LogP contribution in [-0.2, 0) is 28.9 Å².